The van der Waals surface area contributed by atoms with E-state index in [0.717, 1.165) is 37.7 Å². The van der Waals surface area contributed by atoms with Crippen molar-refractivity contribution >= 4 is 11.9 Å². The Bertz CT molecular complexity index is 603. The quantitative estimate of drug-likeness (QED) is 0.601. The van der Waals surface area contributed by atoms with Crippen LogP contribution < -0.4 is 15.4 Å². The highest BCUT2D eigenvalue weighted by molar-refractivity contribution is 5.81. The zero-order valence-corrected chi connectivity index (χ0v) is 15.6. The highest BCUT2D eigenvalue weighted by Crippen LogP contribution is 2.13. The summed E-state index contributed by atoms with van der Waals surface area (Å²) in [7, 11) is 1.60. The number of ether oxygens (including phenoxy) is 1. The summed E-state index contributed by atoms with van der Waals surface area (Å²) in [5.41, 5.74) is 0.847. The summed E-state index contributed by atoms with van der Waals surface area (Å²) in [4.78, 5) is 23.0. The van der Waals surface area contributed by atoms with Gasteiger partial charge >= 0.3 is 0 Å². The number of carbonyl (C=O) groups excluding carboxylic acids is 1. The van der Waals surface area contributed by atoms with Gasteiger partial charge in [-0.3, -0.25) is 4.79 Å². The van der Waals surface area contributed by atoms with E-state index < -0.39 is 0 Å². The van der Waals surface area contributed by atoms with Gasteiger partial charge in [0.2, 0.25) is 11.8 Å². The largest absolute Gasteiger partial charge is 0.481 e. The maximum absolute atomic E-state index is 12.1. The van der Waals surface area contributed by atoms with E-state index in [1.165, 1.54) is 0 Å². The maximum atomic E-state index is 12.1. The van der Waals surface area contributed by atoms with Crippen molar-refractivity contribution in [2.24, 2.45) is 10.9 Å². The lowest BCUT2D eigenvalue weighted by Crippen LogP contribution is -2.45. The van der Waals surface area contributed by atoms with Crippen molar-refractivity contribution in [1.29, 1.82) is 0 Å². The van der Waals surface area contributed by atoms with Crippen molar-refractivity contribution in [3.05, 3.63) is 23.9 Å². The third kappa shape index (κ3) is 5.62. The lowest BCUT2D eigenvalue weighted by atomic mass is 10.2. The fourth-order valence-corrected chi connectivity index (χ4v) is 2.78. The second-order valence-electron chi connectivity index (χ2n) is 6.44. The molecule has 0 radical (unpaired) electrons. The number of hydrogen-bond acceptors (Lipinski definition) is 4. The average Bonchev–Trinajstić information content (AvgIpc) is 3.07. The average molecular weight is 347 g/mol. The molecule has 1 atom stereocenters. The summed E-state index contributed by atoms with van der Waals surface area (Å²) in [6.07, 6.45) is 0.931. The molecule has 7 heteroatoms. The van der Waals surface area contributed by atoms with Crippen molar-refractivity contribution in [2.45, 2.75) is 39.8 Å². The van der Waals surface area contributed by atoms with Crippen LogP contribution in [0.1, 0.15) is 32.9 Å². The van der Waals surface area contributed by atoms with Crippen LogP contribution in [0.4, 0.5) is 0 Å². The van der Waals surface area contributed by atoms with Gasteiger partial charge in [0.05, 0.1) is 19.3 Å². The first-order chi connectivity index (χ1) is 12.0. The zero-order chi connectivity index (χ0) is 18.2. The fourth-order valence-electron chi connectivity index (χ4n) is 2.78. The molecule has 0 aliphatic carbocycles. The van der Waals surface area contributed by atoms with Crippen molar-refractivity contribution in [2.75, 3.05) is 26.7 Å². The minimum Gasteiger partial charge on any atom is -0.481 e. The third-order valence-electron chi connectivity index (χ3n) is 4.07. The van der Waals surface area contributed by atoms with Crippen LogP contribution >= 0.6 is 0 Å². The minimum atomic E-state index is 0.0415. The summed E-state index contributed by atoms with van der Waals surface area (Å²) < 4.78 is 5.14. The molecule has 1 aliphatic heterocycles. The predicted molar refractivity (Wildman–Crippen MR) is 98.6 cm³/mol. The Morgan fingerprint density at radius 2 is 2.28 bits per heavy atom. The molecule has 25 heavy (non-hydrogen) atoms. The van der Waals surface area contributed by atoms with Gasteiger partial charge < -0.3 is 20.3 Å². The number of carbonyl (C=O) groups is 1. The lowest BCUT2D eigenvalue weighted by molar-refractivity contribution is -0.133. The van der Waals surface area contributed by atoms with E-state index in [0.29, 0.717) is 12.4 Å². The van der Waals surface area contributed by atoms with Crippen LogP contribution in [0.25, 0.3) is 0 Å². The molecule has 1 aliphatic rings. The molecule has 0 spiro atoms. The molecule has 0 aromatic carbocycles. The molecule has 1 amide bonds. The number of aliphatic imine (C=N–C) groups is 1. The molecular weight excluding hydrogens is 318 g/mol. The first kappa shape index (κ1) is 19.0. The van der Waals surface area contributed by atoms with Crippen LogP contribution in [0.3, 0.4) is 0 Å². The molecule has 1 aromatic heterocycles. The smallest absolute Gasteiger partial charge is 0.225 e. The molecule has 1 unspecified atom stereocenters. The van der Waals surface area contributed by atoms with E-state index in [-0.39, 0.29) is 17.9 Å². The van der Waals surface area contributed by atoms with Crippen LogP contribution in [0, 0.1) is 5.92 Å². The molecule has 7 nitrogen and oxygen atoms in total. The Morgan fingerprint density at radius 1 is 1.48 bits per heavy atom. The van der Waals surface area contributed by atoms with Gasteiger partial charge in [-0.25, -0.2) is 9.98 Å². The Hall–Kier alpha value is -2.31. The van der Waals surface area contributed by atoms with Crippen molar-refractivity contribution in [3.8, 4) is 5.88 Å². The van der Waals surface area contributed by atoms with Gasteiger partial charge in [-0.15, -0.1) is 0 Å². The van der Waals surface area contributed by atoms with Crippen LogP contribution in [-0.2, 0) is 11.3 Å². The first-order valence-electron chi connectivity index (χ1n) is 8.87. The van der Waals surface area contributed by atoms with Crippen molar-refractivity contribution in [1.82, 2.24) is 20.5 Å². The Balaban J connectivity index is 1.95. The lowest BCUT2D eigenvalue weighted by Gasteiger charge is -2.20. The van der Waals surface area contributed by atoms with Crippen LogP contribution in [0.15, 0.2) is 23.2 Å². The summed E-state index contributed by atoms with van der Waals surface area (Å²) >= 11 is 0. The zero-order valence-electron chi connectivity index (χ0n) is 15.6. The maximum Gasteiger partial charge on any atom is 0.225 e. The summed E-state index contributed by atoms with van der Waals surface area (Å²) in [5, 5.41) is 6.68. The van der Waals surface area contributed by atoms with E-state index in [2.05, 4.69) is 20.6 Å². The Morgan fingerprint density at radius 3 is 2.96 bits per heavy atom. The molecule has 0 bridgehead atoms. The normalized spacial score (nSPS) is 17.7. The number of amides is 1. The molecule has 2 rings (SSSR count). The highest BCUT2D eigenvalue weighted by Gasteiger charge is 2.27. The van der Waals surface area contributed by atoms with Crippen LogP contribution in [0.5, 0.6) is 5.88 Å². The number of rotatable bonds is 6. The van der Waals surface area contributed by atoms with Gasteiger partial charge in [-0.05, 0) is 19.4 Å². The van der Waals surface area contributed by atoms with E-state index in [9.17, 15) is 4.79 Å². The Kier molecular flexibility index (Phi) is 7.03. The van der Waals surface area contributed by atoms with E-state index in [1.54, 1.807) is 7.11 Å². The minimum absolute atomic E-state index is 0.0415. The number of aromatic nitrogens is 1. The number of pyridine rings is 1. The third-order valence-corrected chi connectivity index (χ3v) is 4.07. The van der Waals surface area contributed by atoms with Crippen LogP contribution in [0.2, 0.25) is 0 Å². The predicted octanol–water partition coefficient (Wildman–Crippen LogP) is 1.40. The fraction of sp³-hybridized carbons (Fsp3) is 0.611. The number of guanidine groups is 1. The molecule has 1 aromatic rings. The number of likely N-dealkylation sites (tertiary alicyclic amines) is 1. The first-order valence-corrected chi connectivity index (χ1v) is 8.87. The molecule has 0 saturated carbocycles. The van der Waals surface area contributed by atoms with Crippen LogP contribution in [-0.4, -0.2) is 54.5 Å². The second kappa shape index (κ2) is 9.25. The van der Waals surface area contributed by atoms with Gasteiger partial charge in [-0.2, -0.15) is 0 Å². The molecule has 2 heterocycles. The topological polar surface area (TPSA) is 78.9 Å². The van der Waals surface area contributed by atoms with Gasteiger partial charge in [0.15, 0.2) is 5.96 Å². The van der Waals surface area contributed by atoms with E-state index in [4.69, 9.17) is 4.74 Å². The van der Waals surface area contributed by atoms with Gasteiger partial charge in [0.25, 0.3) is 0 Å². The van der Waals surface area contributed by atoms with Gasteiger partial charge in [-0.1, -0.05) is 19.9 Å². The summed E-state index contributed by atoms with van der Waals surface area (Å²) in [6.45, 7) is 8.67. The second-order valence-corrected chi connectivity index (χ2v) is 6.44. The highest BCUT2D eigenvalue weighted by atomic mass is 16.5. The standard InChI is InChI=1S/C18H29N5O2/c1-5-19-18(20-11-14-7-6-8-16(21-14)25-4)22-15-9-10-23(12-15)17(24)13(2)3/h6-8,13,15H,5,9-12H2,1-4H3,(H2,19,20,22). The van der Waals surface area contributed by atoms with Gasteiger partial charge in [0.1, 0.15) is 0 Å². The van der Waals surface area contributed by atoms with Gasteiger partial charge in [0, 0.05) is 37.7 Å². The SMILES string of the molecule is CCNC(=NCc1cccc(OC)n1)NC1CCN(C(=O)C(C)C)C1. The molecular formula is C18H29N5O2. The van der Waals surface area contributed by atoms with Crippen molar-refractivity contribution in [3.63, 3.8) is 0 Å². The summed E-state index contributed by atoms with van der Waals surface area (Å²) in [5.74, 6) is 1.59. The number of nitrogens with zero attached hydrogens (tertiary/aromatic N) is 3. The van der Waals surface area contributed by atoms with E-state index in [1.807, 2.05) is 43.9 Å². The number of hydrogen-bond donors (Lipinski definition) is 2. The molecule has 138 valence electrons. The Labute approximate surface area is 149 Å². The molecule has 1 saturated heterocycles. The number of methoxy groups -OCH3 is 1. The molecule has 2 N–H and O–H groups in total. The monoisotopic (exact) mass is 347 g/mol. The van der Waals surface area contributed by atoms with E-state index >= 15 is 0 Å². The van der Waals surface area contributed by atoms with Crippen molar-refractivity contribution < 1.29 is 9.53 Å². The molecule has 1 fully saturated rings. The number of nitrogens with one attached hydrogen (secondary N) is 2. The summed E-state index contributed by atoms with van der Waals surface area (Å²) in [6, 6.07) is 5.87.